The van der Waals surface area contributed by atoms with Gasteiger partial charge in [0.25, 0.3) is 0 Å². The van der Waals surface area contributed by atoms with Crippen molar-refractivity contribution in [3.8, 4) is 0 Å². The number of hydrogen-bond acceptors (Lipinski definition) is 3. The number of likely N-dealkylation sites (N-methyl/N-ethyl adjacent to an activating group) is 1. The molecule has 0 saturated heterocycles. The maximum Gasteiger partial charge on any atom is 0.326 e. The van der Waals surface area contributed by atoms with Crippen LogP contribution in [0.2, 0.25) is 0 Å². The highest BCUT2D eigenvalue weighted by molar-refractivity contribution is 5.82. The van der Waals surface area contributed by atoms with E-state index in [0.717, 1.165) is 13.1 Å². The predicted octanol–water partition coefficient (Wildman–Crippen LogP) is 0.799. The monoisotopic (exact) mass is 269 g/mol. The Morgan fingerprint density at radius 2 is 2.21 bits per heavy atom. The molecule has 6 heteroatoms. The average molecular weight is 269 g/mol. The van der Waals surface area contributed by atoms with Crippen molar-refractivity contribution in [1.29, 1.82) is 0 Å². The third-order valence-electron chi connectivity index (χ3n) is 3.16. The molecule has 0 aromatic heterocycles. The molecule has 1 rings (SSSR count). The fourth-order valence-corrected chi connectivity index (χ4v) is 1.95. The Morgan fingerprint density at radius 3 is 2.68 bits per heavy atom. The van der Waals surface area contributed by atoms with E-state index < -0.39 is 18.0 Å². The largest absolute Gasteiger partial charge is 0.480 e. The third kappa shape index (κ3) is 5.74. The molecule has 19 heavy (non-hydrogen) atoms. The molecule has 0 aromatic carbocycles. The summed E-state index contributed by atoms with van der Waals surface area (Å²) >= 11 is 0. The highest BCUT2D eigenvalue weighted by Crippen LogP contribution is 2.25. The lowest BCUT2D eigenvalue weighted by Crippen LogP contribution is -2.47. The van der Waals surface area contributed by atoms with Crippen molar-refractivity contribution in [2.45, 2.75) is 38.3 Å². The number of carbonyl (C=O) groups excluding carboxylic acids is 1. The normalized spacial score (nSPS) is 15.9. The Kier molecular flexibility index (Phi) is 6.35. The van der Waals surface area contributed by atoms with E-state index in [1.807, 2.05) is 0 Å². The second kappa shape index (κ2) is 7.78. The van der Waals surface area contributed by atoms with E-state index in [0.29, 0.717) is 12.6 Å². The lowest BCUT2D eigenvalue weighted by molar-refractivity contribution is -0.139. The number of nitrogens with zero attached hydrogens (tertiary/aromatic N) is 1. The van der Waals surface area contributed by atoms with Gasteiger partial charge in [0.15, 0.2) is 0 Å². The molecule has 3 N–H and O–H groups in total. The first-order valence-electron chi connectivity index (χ1n) is 6.70. The Labute approximate surface area is 113 Å². The summed E-state index contributed by atoms with van der Waals surface area (Å²) in [6.45, 7) is 7.87. The molecule has 0 heterocycles. The molecule has 0 spiro atoms. The molecule has 1 aliphatic carbocycles. The molecule has 6 nitrogen and oxygen atoms in total. The van der Waals surface area contributed by atoms with Crippen molar-refractivity contribution in [3.05, 3.63) is 12.7 Å². The molecule has 1 fully saturated rings. The zero-order valence-electron chi connectivity index (χ0n) is 11.4. The topological polar surface area (TPSA) is 81.7 Å². The van der Waals surface area contributed by atoms with Gasteiger partial charge in [-0.25, -0.2) is 9.59 Å². The Bertz CT molecular complexity index is 329. The van der Waals surface area contributed by atoms with Crippen molar-refractivity contribution >= 4 is 12.0 Å². The molecule has 0 aliphatic heterocycles. The van der Waals surface area contributed by atoms with Gasteiger partial charge in [-0.15, -0.1) is 6.58 Å². The molecule has 0 radical (unpaired) electrons. The van der Waals surface area contributed by atoms with E-state index in [1.54, 1.807) is 0 Å². The maximum absolute atomic E-state index is 11.5. The van der Waals surface area contributed by atoms with Gasteiger partial charge in [-0.3, -0.25) is 4.90 Å². The van der Waals surface area contributed by atoms with Crippen LogP contribution in [0.4, 0.5) is 4.79 Å². The number of amides is 2. The molecule has 2 amide bonds. The third-order valence-corrected chi connectivity index (χ3v) is 3.16. The second-order valence-corrected chi connectivity index (χ2v) is 4.68. The number of rotatable bonds is 9. The van der Waals surface area contributed by atoms with Crippen molar-refractivity contribution in [1.82, 2.24) is 15.5 Å². The van der Waals surface area contributed by atoms with E-state index in [9.17, 15) is 9.59 Å². The number of aliphatic carboxylic acids is 1. The first-order valence-corrected chi connectivity index (χ1v) is 6.70. The van der Waals surface area contributed by atoms with E-state index in [-0.39, 0.29) is 6.42 Å². The van der Waals surface area contributed by atoms with Gasteiger partial charge in [-0.1, -0.05) is 13.0 Å². The van der Waals surface area contributed by atoms with Crippen LogP contribution in [0.1, 0.15) is 26.2 Å². The van der Waals surface area contributed by atoms with Crippen LogP contribution in [-0.4, -0.2) is 53.7 Å². The zero-order valence-corrected chi connectivity index (χ0v) is 11.4. The van der Waals surface area contributed by atoms with Gasteiger partial charge < -0.3 is 15.7 Å². The van der Waals surface area contributed by atoms with Gasteiger partial charge in [-0.05, 0) is 25.8 Å². The van der Waals surface area contributed by atoms with Gasteiger partial charge in [0, 0.05) is 19.1 Å². The van der Waals surface area contributed by atoms with Crippen LogP contribution in [0.15, 0.2) is 12.7 Å². The molecule has 1 unspecified atom stereocenters. The number of urea groups is 1. The van der Waals surface area contributed by atoms with E-state index in [4.69, 9.17) is 5.11 Å². The first kappa shape index (κ1) is 15.5. The van der Waals surface area contributed by atoms with E-state index in [1.165, 1.54) is 18.9 Å². The predicted molar refractivity (Wildman–Crippen MR) is 73.0 cm³/mol. The SMILES string of the molecule is C=CCC(NC(=O)NCCN(CC)C1CC1)C(=O)O. The number of hydrogen-bond donors (Lipinski definition) is 3. The summed E-state index contributed by atoms with van der Waals surface area (Å²) in [5, 5.41) is 14.0. The van der Waals surface area contributed by atoms with Crippen molar-refractivity contribution < 1.29 is 14.7 Å². The highest BCUT2D eigenvalue weighted by atomic mass is 16.4. The number of nitrogens with one attached hydrogen (secondary N) is 2. The summed E-state index contributed by atoms with van der Waals surface area (Å²) in [6.07, 6.45) is 4.16. The average Bonchev–Trinajstić information content (AvgIpc) is 3.18. The fraction of sp³-hybridized carbons (Fsp3) is 0.692. The van der Waals surface area contributed by atoms with Crippen LogP contribution < -0.4 is 10.6 Å². The van der Waals surface area contributed by atoms with Crippen LogP contribution in [0.25, 0.3) is 0 Å². The summed E-state index contributed by atoms with van der Waals surface area (Å²) in [6, 6.07) is -0.688. The van der Waals surface area contributed by atoms with Gasteiger partial charge in [0.1, 0.15) is 6.04 Å². The summed E-state index contributed by atoms with van der Waals surface area (Å²) in [7, 11) is 0. The van der Waals surface area contributed by atoms with Crippen LogP contribution >= 0.6 is 0 Å². The molecule has 1 atom stereocenters. The summed E-state index contributed by atoms with van der Waals surface area (Å²) < 4.78 is 0. The number of carbonyl (C=O) groups is 2. The zero-order chi connectivity index (χ0) is 14.3. The van der Waals surface area contributed by atoms with Gasteiger partial charge in [0.05, 0.1) is 0 Å². The van der Waals surface area contributed by atoms with Crippen LogP contribution in [0.5, 0.6) is 0 Å². The maximum atomic E-state index is 11.5. The van der Waals surface area contributed by atoms with Crippen LogP contribution in [0.3, 0.4) is 0 Å². The van der Waals surface area contributed by atoms with Crippen LogP contribution in [-0.2, 0) is 4.79 Å². The lowest BCUT2D eigenvalue weighted by Gasteiger charge is -2.20. The Morgan fingerprint density at radius 1 is 1.53 bits per heavy atom. The minimum absolute atomic E-state index is 0.214. The fourth-order valence-electron chi connectivity index (χ4n) is 1.95. The quantitative estimate of drug-likeness (QED) is 0.541. The smallest absolute Gasteiger partial charge is 0.326 e. The van der Waals surface area contributed by atoms with Gasteiger partial charge in [-0.2, -0.15) is 0 Å². The highest BCUT2D eigenvalue weighted by Gasteiger charge is 2.27. The minimum atomic E-state index is -1.05. The van der Waals surface area contributed by atoms with Gasteiger partial charge in [0.2, 0.25) is 0 Å². The lowest BCUT2D eigenvalue weighted by atomic mass is 10.2. The first-order chi connectivity index (χ1) is 9.08. The molecule has 108 valence electrons. The Hall–Kier alpha value is -1.56. The summed E-state index contributed by atoms with van der Waals surface area (Å²) in [5.74, 6) is -1.05. The summed E-state index contributed by atoms with van der Waals surface area (Å²) in [5.41, 5.74) is 0. The molecular formula is C13H23N3O3. The molecular weight excluding hydrogens is 246 g/mol. The molecule has 0 aromatic rings. The second-order valence-electron chi connectivity index (χ2n) is 4.68. The molecule has 1 saturated carbocycles. The van der Waals surface area contributed by atoms with E-state index in [2.05, 4.69) is 29.0 Å². The molecule has 1 aliphatic rings. The molecule has 0 bridgehead atoms. The minimum Gasteiger partial charge on any atom is -0.480 e. The van der Waals surface area contributed by atoms with Crippen LogP contribution in [0, 0.1) is 0 Å². The Balaban J connectivity index is 2.22. The standard InChI is InChI=1S/C13H23N3O3/c1-3-5-11(12(17)18)15-13(19)14-8-9-16(4-2)10-6-7-10/h3,10-11H,1,4-9H2,2H3,(H,17,18)(H2,14,15,19). The van der Waals surface area contributed by atoms with Crippen molar-refractivity contribution in [3.63, 3.8) is 0 Å². The van der Waals surface area contributed by atoms with E-state index >= 15 is 0 Å². The number of carboxylic acids is 1. The summed E-state index contributed by atoms with van der Waals surface area (Å²) in [4.78, 5) is 24.7. The van der Waals surface area contributed by atoms with Crippen molar-refractivity contribution in [2.75, 3.05) is 19.6 Å². The number of carboxylic acid groups (broad SMARTS) is 1. The van der Waals surface area contributed by atoms with Crippen molar-refractivity contribution in [2.24, 2.45) is 0 Å². The van der Waals surface area contributed by atoms with Gasteiger partial charge >= 0.3 is 12.0 Å².